The summed E-state index contributed by atoms with van der Waals surface area (Å²) in [5, 5.41) is 0. The Balaban J connectivity index is 2.89. The average molecular weight is 235 g/mol. The monoisotopic (exact) mass is 235 g/mol. The standard InChI is InChI=1S/C10H21NO3S/c1-2-8-10(11,15(12,13)14)9-6-4-3-5-7-9/h9H,2-8,11H2,1H3,(H,12,13,14). The number of rotatable bonds is 4. The number of hydrogen-bond acceptors (Lipinski definition) is 3. The maximum Gasteiger partial charge on any atom is 0.284 e. The molecule has 15 heavy (non-hydrogen) atoms. The van der Waals surface area contributed by atoms with Gasteiger partial charge < -0.3 is 5.73 Å². The van der Waals surface area contributed by atoms with Gasteiger partial charge in [0.2, 0.25) is 0 Å². The zero-order valence-corrected chi connectivity index (χ0v) is 10.1. The fourth-order valence-electron chi connectivity index (χ4n) is 2.53. The predicted octanol–water partition coefficient (Wildman–Crippen LogP) is 1.91. The molecule has 0 spiro atoms. The molecule has 0 aromatic rings. The van der Waals surface area contributed by atoms with E-state index < -0.39 is 15.0 Å². The molecule has 0 saturated heterocycles. The third-order valence-electron chi connectivity index (χ3n) is 3.42. The van der Waals surface area contributed by atoms with E-state index in [1.807, 2.05) is 6.92 Å². The van der Waals surface area contributed by atoms with E-state index in [-0.39, 0.29) is 5.92 Å². The van der Waals surface area contributed by atoms with Crippen LogP contribution in [0.2, 0.25) is 0 Å². The van der Waals surface area contributed by atoms with Crippen molar-refractivity contribution in [3.8, 4) is 0 Å². The molecule has 1 rings (SSSR count). The van der Waals surface area contributed by atoms with Crippen molar-refractivity contribution in [1.29, 1.82) is 0 Å². The minimum Gasteiger partial charge on any atom is -0.310 e. The summed E-state index contributed by atoms with van der Waals surface area (Å²) < 4.78 is 32.0. The van der Waals surface area contributed by atoms with Crippen molar-refractivity contribution in [3.05, 3.63) is 0 Å². The van der Waals surface area contributed by atoms with E-state index >= 15 is 0 Å². The van der Waals surface area contributed by atoms with Crippen LogP contribution in [-0.4, -0.2) is 17.8 Å². The topological polar surface area (TPSA) is 80.4 Å². The smallest absolute Gasteiger partial charge is 0.284 e. The van der Waals surface area contributed by atoms with Crippen LogP contribution in [-0.2, 0) is 10.1 Å². The Morgan fingerprint density at radius 3 is 2.27 bits per heavy atom. The second-order valence-corrected chi connectivity index (χ2v) is 6.23. The number of hydrogen-bond donors (Lipinski definition) is 2. The SMILES string of the molecule is CCCC(N)(C1CCCCC1)S(=O)(=O)O. The normalized spacial score (nSPS) is 23.7. The molecular formula is C10H21NO3S. The average Bonchev–Trinajstić information content (AvgIpc) is 2.18. The summed E-state index contributed by atoms with van der Waals surface area (Å²) in [5.41, 5.74) is 5.92. The van der Waals surface area contributed by atoms with Crippen LogP contribution in [0.15, 0.2) is 0 Å². The summed E-state index contributed by atoms with van der Waals surface area (Å²) in [5.74, 6) is -0.0822. The highest BCUT2D eigenvalue weighted by molar-refractivity contribution is 7.87. The minimum absolute atomic E-state index is 0.0822. The van der Waals surface area contributed by atoms with Crippen molar-refractivity contribution in [2.75, 3.05) is 0 Å². The van der Waals surface area contributed by atoms with Gasteiger partial charge >= 0.3 is 0 Å². The molecule has 1 saturated carbocycles. The Morgan fingerprint density at radius 2 is 1.87 bits per heavy atom. The Kier molecular flexibility index (Phi) is 4.14. The molecular weight excluding hydrogens is 214 g/mol. The van der Waals surface area contributed by atoms with E-state index in [4.69, 9.17) is 5.73 Å². The Morgan fingerprint density at radius 1 is 1.33 bits per heavy atom. The van der Waals surface area contributed by atoms with Crippen LogP contribution in [0, 0.1) is 5.92 Å². The fraction of sp³-hybridized carbons (Fsp3) is 1.00. The lowest BCUT2D eigenvalue weighted by Crippen LogP contribution is -2.54. The van der Waals surface area contributed by atoms with E-state index in [0.29, 0.717) is 12.8 Å². The fourth-order valence-corrected chi connectivity index (χ4v) is 3.64. The Hall–Kier alpha value is -0.130. The van der Waals surface area contributed by atoms with Crippen molar-refractivity contribution in [2.24, 2.45) is 11.7 Å². The molecule has 1 aliphatic carbocycles. The van der Waals surface area contributed by atoms with Gasteiger partial charge in [0, 0.05) is 0 Å². The lowest BCUT2D eigenvalue weighted by atomic mass is 9.82. The van der Waals surface area contributed by atoms with Crippen molar-refractivity contribution in [2.45, 2.75) is 56.7 Å². The molecule has 1 atom stereocenters. The van der Waals surface area contributed by atoms with Crippen molar-refractivity contribution in [3.63, 3.8) is 0 Å². The first-order valence-corrected chi connectivity index (χ1v) is 7.11. The summed E-state index contributed by atoms with van der Waals surface area (Å²) in [6.07, 6.45) is 5.83. The summed E-state index contributed by atoms with van der Waals surface area (Å²) in [6, 6.07) is 0. The van der Waals surface area contributed by atoms with Crippen molar-refractivity contribution in [1.82, 2.24) is 0 Å². The molecule has 0 bridgehead atoms. The van der Waals surface area contributed by atoms with E-state index in [1.54, 1.807) is 0 Å². The van der Waals surface area contributed by atoms with Crippen LogP contribution in [0.5, 0.6) is 0 Å². The Labute approximate surface area is 92.0 Å². The molecule has 1 aliphatic rings. The van der Waals surface area contributed by atoms with Crippen LogP contribution >= 0.6 is 0 Å². The molecule has 5 heteroatoms. The third kappa shape index (κ3) is 2.71. The van der Waals surface area contributed by atoms with Gasteiger partial charge in [0.15, 0.2) is 0 Å². The largest absolute Gasteiger partial charge is 0.310 e. The van der Waals surface area contributed by atoms with Crippen LogP contribution in [0.1, 0.15) is 51.9 Å². The zero-order valence-electron chi connectivity index (χ0n) is 9.28. The molecule has 0 amide bonds. The maximum atomic E-state index is 11.4. The van der Waals surface area contributed by atoms with Crippen LogP contribution in [0.4, 0.5) is 0 Å². The van der Waals surface area contributed by atoms with Gasteiger partial charge in [-0.15, -0.1) is 0 Å². The first kappa shape index (κ1) is 12.9. The molecule has 3 N–H and O–H groups in total. The van der Waals surface area contributed by atoms with Gasteiger partial charge in [0.25, 0.3) is 10.1 Å². The summed E-state index contributed by atoms with van der Waals surface area (Å²) >= 11 is 0. The van der Waals surface area contributed by atoms with E-state index in [1.165, 1.54) is 0 Å². The molecule has 0 aliphatic heterocycles. The molecule has 1 fully saturated rings. The highest BCUT2D eigenvalue weighted by Gasteiger charge is 2.45. The molecule has 0 aromatic heterocycles. The van der Waals surface area contributed by atoms with Crippen molar-refractivity contribution < 1.29 is 13.0 Å². The predicted molar refractivity (Wildman–Crippen MR) is 60.0 cm³/mol. The molecule has 1 unspecified atom stereocenters. The second kappa shape index (κ2) is 4.80. The summed E-state index contributed by atoms with van der Waals surface area (Å²) in [6.45, 7) is 1.88. The second-order valence-electron chi connectivity index (χ2n) is 4.51. The third-order valence-corrected chi connectivity index (χ3v) is 4.92. The molecule has 4 nitrogen and oxygen atoms in total. The first-order chi connectivity index (χ1) is 6.92. The summed E-state index contributed by atoms with van der Waals surface area (Å²) in [4.78, 5) is -1.41. The van der Waals surface area contributed by atoms with Gasteiger partial charge in [-0.2, -0.15) is 8.42 Å². The maximum absolute atomic E-state index is 11.4. The van der Waals surface area contributed by atoms with E-state index in [0.717, 1.165) is 32.1 Å². The highest BCUT2D eigenvalue weighted by atomic mass is 32.2. The Bertz CT molecular complexity index is 296. The highest BCUT2D eigenvalue weighted by Crippen LogP contribution is 2.36. The van der Waals surface area contributed by atoms with Crippen LogP contribution in [0.25, 0.3) is 0 Å². The van der Waals surface area contributed by atoms with Gasteiger partial charge in [-0.25, -0.2) is 0 Å². The zero-order chi connectivity index (χ0) is 11.5. The van der Waals surface area contributed by atoms with Crippen LogP contribution < -0.4 is 5.73 Å². The van der Waals surface area contributed by atoms with E-state index in [2.05, 4.69) is 0 Å². The summed E-state index contributed by atoms with van der Waals surface area (Å²) in [7, 11) is -4.15. The molecule has 0 aromatic carbocycles. The first-order valence-electron chi connectivity index (χ1n) is 5.67. The molecule has 0 heterocycles. The van der Waals surface area contributed by atoms with Gasteiger partial charge in [-0.1, -0.05) is 32.6 Å². The van der Waals surface area contributed by atoms with Gasteiger partial charge in [-0.05, 0) is 25.2 Å². The minimum atomic E-state index is -4.15. The van der Waals surface area contributed by atoms with E-state index in [9.17, 15) is 13.0 Å². The van der Waals surface area contributed by atoms with Gasteiger partial charge in [-0.3, -0.25) is 4.55 Å². The van der Waals surface area contributed by atoms with Gasteiger partial charge in [0.1, 0.15) is 4.87 Å². The van der Waals surface area contributed by atoms with Crippen molar-refractivity contribution >= 4 is 10.1 Å². The molecule has 90 valence electrons. The quantitative estimate of drug-likeness (QED) is 0.729. The van der Waals surface area contributed by atoms with Crippen LogP contribution in [0.3, 0.4) is 0 Å². The lowest BCUT2D eigenvalue weighted by molar-refractivity contribution is 0.243. The molecule has 0 radical (unpaired) electrons. The number of nitrogens with two attached hydrogens (primary N) is 1. The van der Waals surface area contributed by atoms with Gasteiger partial charge in [0.05, 0.1) is 0 Å². The lowest BCUT2D eigenvalue weighted by Gasteiger charge is -2.36.